The molecule has 0 aliphatic rings. The van der Waals surface area contributed by atoms with E-state index in [4.69, 9.17) is 5.73 Å². The number of benzene rings is 1. The average Bonchev–Trinajstić information content (AvgIpc) is 2.38. The third kappa shape index (κ3) is 4.95. The summed E-state index contributed by atoms with van der Waals surface area (Å²) in [6, 6.07) is 7.64. The SMILES string of the molecule is CNC(=O)C(N)Cc1ccc(CC(C)(C)[Si](C)(C)O)cc1. The zero-order chi connectivity index (χ0) is 16.3. The Morgan fingerprint density at radius 2 is 1.76 bits per heavy atom. The van der Waals surface area contributed by atoms with Crippen LogP contribution in [0.1, 0.15) is 25.0 Å². The second-order valence-corrected chi connectivity index (χ2v) is 11.3. The van der Waals surface area contributed by atoms with Crippen LogP contribution in [0.4, 0.5) is 0 Å². The second-order valence-electron chi connectivity index (χ2n) is 6.86. The summed E-state index contributed by atoms with van der Waals surface area (Å²) in [7, 11) is -0.609. The van der Waals surface area contributed by atoms with Gasteiger partial charge in [-0.2, -0.15) is 0 Å². The molecule has 118 valence electrons. The molecule has 0 fully saturated rings. The fraction of sp³-hybridized carbons (Fsp3) is 0.562. The topological polar surface area (TPSA) is 75.4 Å². The Balaban J connectivity index is 2.73. The molecule has 1 atom stereocenters. The summed E-state index contributed by atoms with van der Waals surface area (Å²) in [6.45, 7) is 8.19. The first-order valence-corrected chi connectivity index (χ1v) is 10.3. The van der Waals surface area contributed by atoms with Gasteiger partial charge >= 0.3 is 0 Å². The van der Waals surface area contributed by atoms with Gasteiger partial charge in [0, 0.05) is 7.05 Å². The molecule has 1 aromatic carbocycles. The van der Waals surface area contributed by atoms with Crippen molar-refractivity contribution >= 4 is 14.2 Å². The lowest BCUT2D eigenvalue weighted by Gasteiger charge is -2.35. The number of amides is 1. The van der Waals surface area contributed by atoms with Gasteiger partial charge in [0.2, 0.25) is 5.91 Å². The van der Waals surface area contributed by atoms with E-state index < -0.39 is 14.4 Å². The van der Waals surface area contributed by atoms with Crippen molar-refractivity contribution in [1.29, 1.82) is 0 Å². The summed E-state index contributed by atoms with van der Waals surface area (Å²) in [6.07, 6.45) is 1.38. The van der Waals surface area contributed by atoms with Crippen molar-refractivity contribution in [3.8, 4) is 0 Å². The number of likely N-dealkylation sites (N-methyl/N-ethyl adjacent to an activating group) is 1. The van der Waals surface area contributed by atoms with E-state index in [0.29, 0.717) is 6.42 Å². The van der Waals surface area contributed by atoms with Crippen molar-refractivity contribution in [1.82, 2.24) is 5.32 Å². The van der Waals surface area contributed by atoms with Crippen molar-refractivity contribution in [2.45, 2.75) is 50.9 Å². The van der Waals surface area contributed by atoms with Gasteiger partial charge in [-0.15, -0.1) is 0 Å². The summed E-state index contributed by atoms with van der Waals surface area (Å²) in [5, 5.41) is 2.48. The number of carbonyl (C=O) groups is 1. The molecule has 0 saturated heterocycles. The Morgan fingerprint density at radius 3 is 2.19 bits per heavy atom. The zero-order valence-corrected chi connectivity index (χ0v) is 14.7. The molecule has 1 rings (SSSR count). The normalized spacial score (nSPS) is 13.9. The highest BCUT2D eigenvalue weighted by Crippen LogP contribution is 2.38. The number of nitrogens with two attached hydrogens (primary N) is 1. The van der Waals surface area contributed by atoms with Crippen molar-refractivity contribution in [3.63, 3.8) is 0 Å². The van der Waals surface area contributed by atoms with Crippen LogP contribution < -0.4 is 11.1 Å². The maximum Gasteiger partial charge on any atom is 0.237 e. The standard InChI is InChI=1S/C16H28N2O2Si/c1-16(2,21(4,5)20)11-13-8-6-12(7-9-13)10-14(17)15(19)18-3/h6-9,14,20H,10-11,17H2,1-5H3,(H,18,19). The summed E-state index contributed by atoms with van der Waals surface area (Å²) in [5.41, 5.74) is 8.07. The Kier molecular flexibility index (Phi) is 5.73. The number of nitrogens with one attached hydrogen (secondary N) is 1. The summed E-state index contributed by atoms with van der Waals surface area (Å²) < 4.78 is 0. The van der Waals surface area contributed by atoms with Gasteiger partial charge in [0.15, 0.2) is 8.32 Å². The van der Waals surface area contributed by atoms with E-state index in [2.05, 4.69) is 31.3 Å². The van der Waals surface area contributed by atoms with Crippen LogP contribution in [0.3, 0.4) is 0 Å². The smallest absolute Gasteiger partial charge is 0.237 e. The fourth-order valence-corrected chi connectivity index (χ4v) is 2.69. The van der Waals surface area contributed by atoms with Crippen molar-refractivity contribution < 1.29 is 9.59 Å². The van der Waals surface area contributed by atoms with E-state index in [9.17, 15) is 9.59 Å². The van der Waals surface area contributed by atoms with Crippen LogP contribution in [0.5, 0.6) is 0 Å². The molecule has 0 spiro atoms. The highest BCUT2D eigenvalue weighted by atomic mass is 28.4. The highest BCUT2D eigenvalue weighted by Gasteiger charge is 2.37. The third-order valence-electron chi connectivity index (χ3n) is 4.36. The lowest BCUT2D eigenvalue weighted by atomic mass is 9.98. The lowest BCUT2D eigenvalue weighted by molar-refractivity contribution is -0.121. The Morgan fingerprint density at radius 1 is 1.29 bits per heavy atom. The van der Waals surface area contributed by atoms with Gasteiger partial charge in [-0.05, 0) is 42.1 Å². The van der Waals surface area contributed by atoms with Crippen LogP contribution in [0, 0.1) is 0 Å². The third-order valence-corrected chi connectivity index (χ3v) is 7.85. The van der Waals surface area contributed by atoms with Gasteiger partial charge in [0.1, 0.15) is 0 Å². The molecule has 1 unspecified atom stereocenters. The van der Waals surface area contributed by atoms with Crippen molar-refractivity contribution in [2.75, 3.05) is 7.05 Å². The molecule has 5 heteroatoms. The molecule has 4 N–H and O–H groups in total. The molecule has 0 heterocycles. The van der Waals surface area contributed by atoms with Crippen LogP contribution in [-0.4, -0.2) is 32.1 Å². The minimum atomic E-state index is -2.20. The number of carbonyl (C=O) groups excluding carboxylic acids is 1. The van der Waals surface area contributed by atoms with Crippen LogP contribution in [-0.2, 0) is 17.6 Å². The number of hydrogen-bond acceptors (Lipinski definition) is 3. The van der Waals surface area contributed by atoms with Crippen molar-refractivity contribution in [3.05, 3.63) is 35.4 Å². The minimum Gasteiger partial charge on any atom is -0.432 e. The molecule has 1 amide bonds. The molecule has 0 saturated carbocycles. The molecule has 0 aliphatic carbocycles. The van der Waals surface area contributed by atoms with Gasteiger partial charge in [0.25, 0.3) is 0 Å². The molecule has 21 heavy (non-hydrogen) atoms. The molecule has 0 radical (unpaired) electrons. The predicted molar refractivity (Wildman–Crippen MR) is 89.6 cm³/mol. The molecule has 0 aromatic heterocycles. The molecule has 4 nitrogen and oxygen atoms in total. The maximum atomic E-state index is 11.4. The van der Waals surface area contributed by atoms with Crippen LogP contribution in [0.2, 0.25) is 18.1 Å². The van der Waals surface area contributed by atoms with Crippen LogP contribution in [0.25, 0.3) is 0 Å². The molecule has 0 aliphatic heterocycles. The zero-order valence-electron chi connectivity index (χ0n) is 13.7. The largest absolute Gasteiger partial charge is 0.432 e. The van der Waals surface area contributed by atoms with Crippen LogP contribution in [0.15, 0.2) is 24.3 Å². The van der Waals surface area contributed by atoms with E-state index in [1.807, 2.05) is 25.2 Å². The fourth-order valence-electron chi connectivity index (χ4n) is 2.05. The van der Waals surface area contributed by atoms with E-state index in [0.717, 1.165) is 12.0 Å². The molecular formula is C16H28N2O2Si. The lowest BCUT2D eigenvalue weighted by Crippen LogP contribution is -2.40. The predicted octanol–water partition coefficient (Wildman–Crippen LogP) is 1.82. The van der Waals surface area contributed by atoms with E-state index in [-0.39, 0.29) is 10.9 Å². The number of rotatable bonds is 6. The van der Waals surface area contributed by atoms with E-state index in [1.54, 1.807) is 7.05 Å². The Labute approximate surface area is 128 Å². The minimum absolute atomic E-state index is 0.0764. The van der Waals surface area contributed by atoms with E-state index >= 15 is 0 Å². The second kappa shape index (κ2) is 6.73. The molecule has 1 aromatic rings. The molecular weight excluding hydrogens is 280 g/mol. The van der Waals surface area contributed by atoms with Gasteiger partial charge < -0.3 is 15.8 Å². The first kappa shape index (κ1) is 17.9. The molecule has 0 bridgehead atoms. The highest BCUT2D eigenvalue weighted by molar-refractivity contribution is 6.72. The van der Waals surface area contributed by atoms with Gasteiger partial charge in [-0.3, -0.25) is 4.79 Å². The number of hydrogen-bond donors (Lipinski definition) is 3. The quantitative estimate of drug-likeness (QED) is 0.702. The van der Waals surface area contributed by atoms with Gasteiger partial charge in [-0.1, -0.05) is 38.1 Å². The Hall–Kier alpha value is -1.17. The Bertz CT molecular complexity index is 478. The summed E-state index contributed by atoms with van der Waals surface area (Å²) >= 11 is 0. The van der Waals surface area contributed by atoms with Gasteiger partial charge in [-0.25, -0.2) is 0 Å². The first-order valence-electron chi connectivity index (χ1n) is 7.34. The maximum absolute atomic E-state index is 11.4. The van der Waals surface area contributed by atoms with Crippen molar-refractivity contribution in [2.24, 2.45) is 5.73 Å². The first-order chi connectivity index (χ1) is 9.56. The van der Waals surface area contributed by atoms with E-state index in [1.165, 1.54) is 5.56 Å². The van der Waals surface area contributed by atoms with Gasteiger partial charge in [0.05, 0.1) is 6.04 Å². The average molecular weight is 308 g/mol. The monoisotopic (exact) mass is 308 g/mol. The summed E-state index contributed by atoms with van der Waals surface area (Å²) in [5.74, 6) is -0.145. The summed E-state index contributed by atoms with van der Waals surface area (Å²) in [4.78, 5) is 21.8. The van der Waals surface area contributed by atoms with Crippen LogP contribution >= 0.6 is 0 Å².